The summed E-state index contributed by atoms with van der Waals surface area (Å²) in [4.78, 5) is 17.7. The van der Waals surface area contributed by atoms with Crippen LogP contribution in [0.25, 0.3) is 33.2 Å². The molecule has 1 aliphatic carbocycles. The van der Waals surface area contributed by atoms with E-state index in [4.69, 9.17) is 4.11 Å². The van der Waals surface area contributed by atoms with Crippen molar-refractivity contribution in [3.05, 3.63) is 89.1 Å². The molecular formula is C24H17NO. The topological polar surface area (TPSA) is 30.0 Å². The van der Waals surface area contributed by atoms with Crippen LogP contribution in [0.15, 0.2) is 66.9 Å². The molecule has 0 radical (unpaired) electrons. The normalized spacial score (nSPS) is 14.5. The fourth-order valence-corrected chi connectivity index (χ4v) is 3.91. The zero-order valence-corrected chi connectivity index (χ0v) is 14.2. The van der Waals surface area contributed by atoms with Crippen molar-refractivity contribution in [3.8, 4) is 22.4 Å². The first-order valence-corrected chi connectivity index (χ1v) is 8.53. The zero-order chi connectivity index (χ0) is 20.3. The van der Waals surface area contributed by atoms with E-state index in [1.807, 2.05) is 55.5 Å². The molecule has 0 bridgehead atoms. The maximum atomic E-state index is 13.1. The molecule has 0 atom stereocenters. The lowest BCUT2D eigenvalue weighted by atomic mass is 9.83. The second-order valence-corrected chi connectivity index (χ2v) is 6.71. The highest BCUT2D eigenvalue weighted by atomic mass is 16.1. The SMILES string of the molecule is [2H]C([2H])([2H])c1cc(C)cc(-c2ncc3c4c(cccc24)-c2ccccc2C3=O)c1. The number of carbonyl (C=O) groups is 1. The number of aryl methyl sites for hydroxylation is 2. The van der Waals surface area contributed by atoms with Gasteiger partial charge in [-0.3, -0.25) is 9.78 Å². The number of nitrogens with zero attached hydrogens (tertiary/aromatic N) is 1. The van der Waals surface area contributed by atoms with Gasteiger partial charge in [-0.05, 0) is 37.0 Å². The van der Waals surface area contributed by atoms with Crippen molar-refractivity contribution in [1.29, 1.82) is 0 Å². The summed E-state index contributed by atoms with van der Waals surface area (Å²) in [5.74, 6) is -0.0317. The standard InChI is InChI=1S/C24H17NO/c1-14-10-15(2)12-16(11-14)23-20-9-5-8-18-17-6-3-4-7-19(17)24(26)21(13-25-23)22(18)20/h3-13H,1-2H3/i1D3. The van der Waals surface area contributed by atoms with Crippen molar-refractivity contribution in [2.24, 2.45) is 0 Å². The molecule has 0 unspecified atom stereocenters. The molecule has 0 N–H and O–H groups in total. The Kier molecular flexibility index (Phi) is 2.51. The summed E-state index contributed by atoms with van der Waals surface area (Å²) in [6.45, 7) is -0.314. The molecule has 2 nitrogen and oxygen atoms in total. The van der Waals surface area contributed by atoms with Gasteiger partial charge in [-0.1, -0.05) is 59.7 Å². The second-order valence-electron chi connectivity index (χ2n) is 6.71. The van der Waals surface area contributed by atoms with Gasteiger partial charge in [0.2, 0.25) is 0 Å². The quantitative estimate of drug-likeness (QED) is 0.391. The smallest absolute Gasteiger partial charge is 0.195 e. The Balaban J connectivity index is 1.84. The summed E-state index contributed by atoms with van der Waals surface area (Å²) < 4.78 is 23.3. The third-order valence-corrected chi connectivity index (χ3v) is 4.97. The van der Waals surface area contributed by atoms with Crippen molar-refractivity contribution in [2.75, 3.05) is 0 Å². The largest absolute Gasteiger partial charge is 0.289 e. The van der Waals surface area contributed by atoms with E-state index in [0.717, 1.165) is 33.0 Å². The molecule has 0 fully saturated rings. The molecule has 26 heavy (non-hydrogen) atoms. The lowest BCUT2D eigenvalue weighted by molar-refractivity contribution is 0.104. The molecule has 0 saturated carbocycles. The summed E-state index contributed by atoms with van der Waals surface area (Å²) in [7, 11) is 0. The van der Waals surface area contributed by atoms with Crippen LogP contribution in [-0.4, -0.2) is 10.8 Å². The number of benzene rings is 3. The van der Waals surface area contributed by atoms with Gasteiger partial charge in [-0.25, -0.2) is 0 Å². The minimum absolute atomic E-state index is 0.0317. The fraction of sp³-hybridized carbons (Fsp3) is 0.0833. The van der Waals surface area contributed by atoms with Gasteiger partial charge in [0.05, 0.1) is 5.69 Å². The van der Waals surface area contributed by atoms with Crippen LogP contribution in [0.3, 0.4) is 0 Å². The first-order chi connectivity index (χ1) is 13.8. The molecule has 0 aliphatic heterocycles. The maximum Gasteiger partial charge on any atom is 0.195 e. The monoisotopic (exact) mass is 338 g/mol. The van der Waals surface area contributed by atoms with Crippen LogP contribution in [0.4, 0.5) is 0 Å². The highest BCUT2D eigenvalue weighted by Crippen LogP contribution is 2.41. The molecule has 0 amide bonds. The summed E-state index contributed by atoms with van der Waals surface area (Å²) in [6.07, 6.45) is 1.62. The molecular weight excluding hydrogens is 318 g/mol. The van der Waals surface area contributed by atoms with Crippen molar-refractivity contribution in [3.63, 3.8) is 0 Å². The first kappa shape index (κ1) is 12.2. The second kappa shape index (κ2) is 5.37. The van der Waals surface area contributed by atoms with Gasteiger partial charge in [0.1, 0.15) is 0 Å². The molecule has 0 spiro atoms. The number of hydrogen-bond donors (Lipinski definition) is 0. The van der Waals surface area contributed by atoms with Gasteiger partial charge in [0, 0.05) is 37.8 Å². The van der Waals surface area contributed by atoms with Crippen molar-refractivity contribution in [1.82, 2.24) is 4.98 Å². The minimum atomic E-state index is -2.19. The number of hydrogen-bond acceptors (Lipinski definition) is 2. The van der Waals surface area contributed by atoms with Gasteiger partial charge < -0.3 is 0 Å². The fourth-order valence-electron chi connectivity index (χ4n) is 3.91. The summed E-state index contributed by atoms with van der Waals surface area (Å²) in [5, 5.41) is 1.73. The van der Waals surface area contributed by atoms with Crippen LogP contribution < -0.4 is 0 Å². The Morgan fingerprint density at radius 3 is 2.46 bits per heavy atom. The van der Waals surface area contributed by atoms with Gasteiger partial charge in [-0.15, -0.1) is 0 Å². The maximum absolute atomic E-state index is 13.1. The van der Waals surface area contributed by atoms with Crippen molar-refractivity contribution < 1.29 is 8.91 Å². The van der Waals surface area contributed by atoms with Gasteiger partial charge >= 0.3 is 0 Å². The number of aromatic nitrogens is 1. The Labute approximate surface area is 156 Å². The van der Waals surface area contributed by atoms with Crippen molar-refractivity contribution >= 4 is 16.6 Å². The van der Waals surface area contributed by atoms with E-state index in [2.05, 4.69) is 4.98 Å². The number of ketones is 1. The zero-order valence-electron chi connectivity index (χ0n) is 17.2. The number of rotatable bonds is 1. The molecule has 5 rings (SSSR count). The Bertz CT molecular complexity index is 1320. The van der Waals surface area contributed by atoms with E-state index in [0.29, 0.717) is 16.8 Å². The van der Waals surface area contributed by atoms with E-state index in [9.17, 15) is 4.79 Å². The highest BCUT2D eigenvalue weighted by molar-refractivity contribution is 6.26. The summed E-state index contributed by atoms with van der Waals surface area (Å²) in [6, 6.07) is 18.8. The Hall–Kier alpha value is -3.26. The van der Waals surface area contributed by atoms with Gasteiger partial charge in [-0.2, -0.15) is 0 Å². The lowest BCUT2D eigenvalue weighted by Crippen LogP contribution is -2.10. The van der Waals surface area contributed by atoms with Crippen LogP contribution in [0.5, 0.6) is 0 Å². The summed E-state index contributed by atoms with van der Waals surface area (Å²) in [5.41, 5.74) is 5.76. The molecule has 124 valence electrons. The van der Waals surface area contributed by atoms with Crippen LogP contribution in [0.2, 0.25) is 0 Å². The van der Waals surface area contributed by atoms with Crippen LogP contribution in [0.1, 0.15) is 31.2 Å². The Morgan fingerprint density at radius 1 is 0.846 bits per heavy atom. The molecule has 1 aliphatic rings. The first-order valence-electron chi connectivity index (χ1n) is 10.0. The minimum Gasteiger partial charge on any atom is -0.289 e. The van der Waals surface area contributed by atoms with Gasteiger partial charge in [0.25, 0.3) is 0 Å². The molecule has 1 aromatic heterocycles. The van der Waals surface area contributed by atoms with Crippen LogP contribution in [-0.2, 0) is 0 Å². The number of pyridine rings is 1. The molecule has 3 aromatic carbocycles. The third kappa shape index (κ3) is 2.05. The third-order valence-electron chi connectivity index (χ3n) is 4.97. The van der Waals surface area contributed by atoms with Gasteiger partial charge in [0.15, 0.2) is 5.78 Å². The molecule has 0 saturated heterocycles. The highest BCUT2D eigenvalue weighted by Gasteiger charge is 2.26. The van der Waals surface area contributed by atoms with E-state index in [1.54, 1.807) is 18.3 Å². The predicted molar refractivity (Wildman–Crippen MR) is 106 cm³/mol. The van der Waals surface area contributed by atoms with E-state index in [-0.39, 0.29) is 11.3 Å². The molecule has 4 aromatic rings. The number of fused-ring (bicyclic) bond motifs is 2. The lowest BCUT2D eigenvalue weighted by Gasteiger charge is -2.20. The van der Waals surface area contributed by atoms with Crippen LogP contribution in [0, 0.1) is 13.8 Å². The van der Waals surface area contributed by atoms with E-state index in [1.165, 1.54) is 0 Å². The molecule has 2 heteroatoms. The van der Waals surface area contributed by atoms with Crippen molar-refractivity contribution in [2.45, 2.75) is 13.8 Å². The van der Waals surface area contributed by atoms with Crippen LogP contribution >= 0.6 is 0 Å². The number of carbonyl (C=O) groups excluding carboxylic acids is 1. The molecule has 1 heterocycles. The van der Waals surface area contributed by atoms with E-state index < -0.39 is 6.85 Å². The average Bonchev–Trinajstić information content (AvgIpc) is 2.70. The Morgan fingerprint density at radius 2 is 1.62 bits per heavy atom. The average molecular weight is 338 g/mol. The van der Waals surface area contributed by atoms with E-state index >= 15 is 0 Å². The summed E-state index contributed by atoms with van der Waals surface area (Å²) >= 11 is 0. The predicted octanol–water partition coefficient (Wildman–Crippen LogP) is 5.73.